The lowest BCUT2D eigenvalue weighted by molar-refractivity contribution is -0.160. The lowest BCUT2D eigenvalue weighted by Crippen LogP contribution is -2.41. The highest BCUT2D eigenvalue weighted by molar-refractivity contribution is 5.87. The molecule has 2 N–H and O–H groups in total. The quantitative estimate of drug-likeness (QED) is 0.529. The molecule has 1 saturated carbocycles. The van der Waals surface area contributed by atoms with Crippen molar-refractivity contribution in [3.63, 3.8) is 0 Å². The molecule has 20 heavy (non-hydrogen) atoms. The zero-order valence-corrected chi connectivity index (χ0v) is 13.3. The van der Waals surface area contributed by atoms with Gasteiger partial charge >= 0.3 is 5.97 Å². The first-order valence-corrected chi connectivity index (χ1v) is 7.71. The van der Waals surface area contributed by atoms with Crippen LogP contribution in [-0.4, -0.2) is 38.8 Å². The summed E-state index contributed by atoms with van der Waals surface area (Å²) in [5.74, 6) is 0.517. The van der Waals surface area contributed by atoms with Crippen molar-refractivity contribution in [2.75, 3.05) is 27.2 Å². The summed E-state index contributed by atoms with van der Waals surface area (Å²) in [6.45, 7) is 7.35. The Morgan fingerprint density at radius 3 is 2.35 bits per heavy atom. The molecule has 0 aliphatic heterocycles. The Hall–Kier alpha value is -0.870. The van der Waals surface area contributed by atoms with Crippen LogP contribution in [0.3, 0.4) is 0 Å². The third-order valence-corrected chi connectivity index (χ3v) is 4.31. The van der Waals surface area contributed by atoms with Gasteiger partial charge in [0, 0.05) is 5.57 Å². The van der Waals surface area contributed by atoms with Crippen LogP contribution < -0.4 is 10.6 Å². The molecular weight excluding hydrogens is 252 g/mol. The van der Waals surface area contributed by atoms with E-state index in [0.717, 1.165) is 51.1 Å². The lowest BCUT2D eigenvalue weighted by Gasteiger charge is -2.40. The largest absolute Gasteiger partial charge is 0.456 e. The minimum Gasteiger partial charge on any atom is -0.456 e. The average Bonchev–Trinajstić information content (AvgIpc) is 2.44. The smallest absolute Gasteiger partial charge is 0.333 e. The van der Waals surface area contributed by atoms with Crippen LogP contribution in [0, 0.1) is 5.92 Å². The summed E-state index contributed by atoms with van der Waals surface area (Å²) in [6.07, 6.45) is 6.35. The van der Waals surface area contributed by atoms with Gasteiger partial charge in [0.15, 0.2) is 0 Å². The van der Waals surface area contributed by atoms with E-state index < -0.39 is 0 Å². The molecular formula is C16H30N2O2. The maximum absolute atomic E-state index is 11.9. The highest BCUT2D eigenvalue weighted by atomic mass is 16.6. The summed E-state index contributed by atoms with van der Waals surface area (Å²) >= 11 is 0. The molecule has 0 saturated heterocycles. The number of carbonyl (C=O) groups is 1. The molecule has 0 radical (unpaired) electrons. The van der Waals surface area contributed by atoms with E-state index in [1.165, 1.54) is 6.42 Å². The maximum Gasteiger partial charge on any atom is 0.333 e. The van der Waals surface area contributed by atoms with Crippen molar-refractivity contribution < 1.29 is 9.53 Å². The molecule has 0 atom stereocenters. The molecule has 1 aliphatic rings. The average molecular weight is 282 g/mol. The molecule has 0 heterocycles. The van der Waals surface area contributed by atoms with Gasteiger partial charge in [0.05, 0.1) is 0 Å². The zero-order valence-electron chi connectivity index (χ0n) is 13.3. The minimum atomic E-state index is -0.283. The summed E-state index contributed by atoms with van der Waals surface area (Å²) in [6, 6.07) is 0. The Bertz CT molecular complexity index is 320. The molecule has 0 aromatic heterocycles. The van der Waals surface area contributed by atoms with Gasteiger partial charge in [-0.05, 0) is 78.6 Å². The molecule has 0 bridgehead atoms. The minimum absolute atomic E-state index is 0.241. The highest BCUT2D eigenvalue weighted by Crippen LogP contribution is 2.38. The van der Waals surface area contributed by atoms with Crippen molar-refractivity contribution in [1.82, 2.24) is 10.6 Å². The first kappa shape index (κ1) is 17.2. The monoisotopic (exact) mass is 282 g/mol. The summed E-state index contributed by atoms with van der Waals surface area (Å²) in [5.41, 5.74) is 0.209. The van der Waals surface area contributed by atoms with Gasteiger partial charge in [-0.1, -0.05) is 6.58 Å². The molecule has 1 fully saturated rings. The third kappa shape index (κ3) is 5.25. The standard InChI is InChI=1S/C16H30N2O2/c1-13(2)15(19)20-16(10-12-18-4)8-5-14(6-9-16)7-11-17-3/h14,17-18H,1,5-12H2,2-4H3. The van der Waals surface area contributed by atoms with Crippen LogP contribution in [-0.2, 0) is 9.53 Å². The normalized spacial score (nSPS) is 26.2. The fraction of sp³-hybridized carbons (Fsp3) is 0.812. The number of hydrogen-bond donors (Lipinski definition) is 2. The Labute approximate surface area is 123 Å². The number of rotatable bonds is 8. The van der Waals surface area contributed by atoms with Crippen molar-refractivity contribution in [2.24, 2.45) is 5.92 Å². The van der Waals surface area contributed by atoms with Gasteiger partial charge in [-0.25, -0.2) is 4.79 Å². The summed E-state index contributed by atoms with van der Waals surface area (Å²) in [4.78, 5) is 11.9. The molecule has 116 valence electrons. The Kier molecular flexibility index (Phi) is 7.24. The molecule has 0 spiro atoms. The summed E-state index contributed by atoms with van der Waals surface area (Å²) in [5, 5.41) is 6.37. The zero-order chi connectivity index (χ0) is 15.0. The highest BCUT2D eigenvalue weighted by Gasteiger charge is 2.38. The van der Waals surface area contributed by atoms with Crippen molar-refractivity contribution in [3.05, 3.63) is 12.2 Å². The Morgan fingerprint density at radius 2 is 1.85 bits per heavy atom. The predicted molar refractivity (Wildman–Crippen MR) is 82.7 cm³/mol. The van der Waals surface area contributed by atoms with E-state index >= 15 is 0 Å². The fourth-order valence-corrected chi connectivity index (χ4v) is 2.88. The van der Waals surface area contributed by atoms with Crippen LogP contribution in [0.2, 0.25) is 0 Å². The van der Waals surface area contributed by atoms with Gasteiger partial charge in [-0.15, -0.1) is 0 Å². The summed E-state index contributed by atoms with van der Waals surface area (Å²) in [7, 11) is 3.93. The van der Waals surface area contributed by atoms with Crippen molar-refractivity contribution in [2.45, 2.75) is 51.0 Å². The molecule has 1 rings (SSSR count). The molecule has 0 aromatic rings. The maximum atomic E-state index is 11.9. The Morgan fingerprint density at radius 1 is 1.25 bits per heavy atom. The predicted octanol–water partition coefficient (Wildman–Crippen LogP) is 2.25. The number of ether oxygens (including phenoxy) is 1. The van der Waals surface area contributed by atoms with Gasteiger partial charge in [-0.3, -0.25) is 0 Å². The van der Waals surface area contributed by atoms with Crippen LogP contribution in [0.1, 0.15) is 45.4 Å². The van der Waals surface area contributed by atoms with E-state index in [2.05, 4.69) is 17.2 Å². The number of esters is 1. The van der Waals surface area contributed by atoms with Crippen LogP contribution >= 0.6 is 0 Å². The summed E-state index contributed by atoms with van der Waals surface area (Å²) < 4.78 is 5.80. The first-order chi connectivity index (χ1) is 9.53. The molecule has 0 aromatic carbocycles. The van der Waals surface area contributed by atoms with Gasteiger partial charge in [0.2, 0.25) is 0 Å². The van der Waals surface area contributed by atoms with E-state index in [-0.39, 0.29) is 11.6 Å². The molecule has 0 amide bonds. The van der Waals surface area contributed by atoms with Gasteiger partial charge in [-0.2, -0.15) is 0 Å². The van der Waals surface area contributed by atoms with Crippen molar-refractivity contribution in [1.29, 1.82) is 0 Å². The second-order valence-electron chi connectivity index (χ2n) is 6.04. The van der Waals surface area contributed by atoms with Crippen LogP contribution in [0.15, 0.2) is 12.2 Å². The van der Waals surface area contributed by atoms with Gasteiger partial charge in [0.1, 0.15) is 5.60 Å². The van der Waals surface area contributed by atoms with Crippen molar-refractivity contribution in [3.8, 4) is 0 Å². The lowest BCUT2D eigenvalue weighted by atomic mass is 9.75. The fourth-order valence-electron chi connectivity index (χ4n) is 2.88. The number of nitrogens with one attached hydrogen (secondary N) is 2. The van der Waals surface area contributed by atoms with E-state index in [9.17, 15) is 4.79 Å². The topological polar surface area (TPSA) is 50.4 Å². The SMILES string of the molecule is C=C(C)C(=O)OC1(CCNC)CCC(CCNC)CC1. The number of carbonyl (C=O) groups excluding carboxylic acids is 1. The van der Waals surface area contributed by atoms with E-state index in [0.29, 0.717) is 5.57 Å². The van der Waals surface area contributed by atoms with Crippen LogP contribution in [0.25, 0.3) is 0 Å². The molecule has 1 aliphatic carbocycles. The molecule has 4 nitrogen and oxygen atoms in total. The molecule has 0 unspecified atom stereocenters. The third-order valence-electron chi connectivity index (χ3n) is 4.31. The van der Waals surface area contributed by atoms with Gasteiger partial charge < -0.3 is 15.4 Å². The van der Waals surface area contributed by atoms with Crippen LogP contribution in [0.5, 0.6) is 0 Å². The van der Waals surface area contributed by atoms with Crippen molar-refractivity contribution >= 4 is 5.97 Å². The van der Waals surface area contributed by atoms with E-state index in [4.69, 9.17) is 4.74 Å². The molecule has 4 heteroatoms. The van der Waals surface area contributed by atoms with Crippen LogP contribution in [0.4, 0.5) is 0 Å². The second-order valence-corrected chi connectivity index (χ2v) is 6.04. The van der Waals surface area contributed by atoms with E-state index in [1.54, 1.807) is 6.92 Å². The van der Waals surface area contributed by atoms with E-state index in [1.807, 2.05) is 14.1 Å². The first-order valence-electron chi connectivity index (χ1n) is 7.71. The van der Waals surface area contributed by atoms with Gasteiger partial charge in [0.25, 0.3) is 0 Å². The second kappa shape index (κ2) is 8.42. The Balaban J connectivity index is 2.58. The number of hydrogen-bond acceptors (Lipinski definition) is 4.